The SMILES string of the molecule is CC(C(=O)N[C@H](C=O)Cc1ccccc1)C(C)[S-](=O)=O.CN.[Y]. The second-order valence-corrected chi connectivity index (χ2v) is 5.96. The van der Waals surface area contributed by atoms with E-state index in [1.54, 1.807) is 0 Å². The number of rotatable bonds is 7. The molecule has 0 bridgehead atoms. The van der Waals surface area contributed by atoms with E-state index in [2.05, 4.69) is 11.1 Å². The number of hydrogen-bond acceptors (Lipinski definition) is 6. The van der Waals surface area contributed by atoms with E-state index >= 15 is 0 Å². The van der Waals surface area contributed by atoms with Crippen LogP contribution in [0.1, 0.15) is 19.4 Å². The third kappa shape index (κ3) is 9.30. The molecule has 2 unspecified atom stereocenters. The summed E-state index contributed by atoms with van der Waals surface area (Å²) >= 11 is 0. The Hall–Kier alpha value is -0.626. The van der Waals surface area contributed by atoms with Crippen molar-refractivity contribution in [2.75, 3.05) is 7.05 Å². The molecule has 1 rings (SSSR count). The average Bonchev–Trinajstić information content (AvgIpc) is 2.55. The van der Waals surface area contributed by atoms with Crippen molar-refractivity contribution in [3.05, 3.63) is 35.9 Å². The Labute approximate surface area is 164 Å². The number of nitrogens with one attached hydrogen (secondary N) is 1. The first-order valence-electron chi connectivity index (χ1n) is 6.91. The molecule has 6 nitrogen and oxygen atoms in total. The van der Waals surface area contributed by atoms with Gasteiger partial charge in [0.2, 0.25) is 5.91 Å². The van der Waals surface area contributed by atoms with Crippen LogP contribution in [0, 0.1) is 5.92 Å². The van der Waals surface area contributed by atoms with E-state index in [1.807, 2.05) is 30.3 Å². The minimum Gasteiger partial charge on any atom is -0.424 e. The normalized spacial score (nSPS) is 13.6. The minimum atomic E-state index is -2.31. The summed E-state index contributed by atoms with van der Waals surface area (Å²) in [5.74, 6) is -1.14. The van der Waals surface area contributed by atoms with Gasteiger partial charge >= 0.3 is 0 Å². The fourth-order valence-corrected chi connectivity index (χ4v) is 2.15. The molecule has 0 aliphatic heterocycles. The number of hydrogen-bond donors (Lipinski definition) is 2. The predicted octanol–water partition coefficient (Wildman–Crippen LogP) is 0.819. The van der Waals surface area contributed by atoms with Gasteiger partial charge < -0.3 is 24.3 Å². The average molecular weight is 416 g/mol. The van der Waals surface area contributed by atoms with Gasteiger partial charge in [-0.15, -0.1) is 0 Å². The molecule has 0 heterocycles. The van der Waals surface area contributed by atoms with E-state index in [9.17, 15) is 18.0 Å². The van der Waals surface area contributed by atoms with Gasteiger partial charge in [0.25, 0.3) is 0 Å². The summed E-state index contributed by atoms with van der Waals surface area (Å²) in [4.78, 5) is 22.9. The number of nitrogens with two attached hydrogens (primary N) is 1. The summed E-state index contributed by atoms with van der Waals surface area (Å²) in [7, 11) is -0.815. The van der Waals surface area contributed by atoms with Crippen LogP contribution in [0.25, 0.3) is 0 Å². The van der Waals surface area contributed by atoms with Crippen LogP contribution in [0.2, 0.25) is 0 Å². The first kappa shape index (κ1) is 24.6. The van der Waals surface area contributed by atoms with Gasteiger partial charge in [-0.1, -0.05) is 60.1 Å². The Balaban J connectivity index is 0. The molecule has 0 aromatic heterocycles. The number of carbonyl (C=O) groups excluding carboxylic acids is 2. The van der Waals surface area contributed by atoms with Crippen LogP contribution < -0.4 is 11.1 Å². The first-order valence-corrected chi connectivity index (χ1v) is 8.05. The Bertz CT molecular complexity index is 530. The van der Waals surface area contributed by atoms with E-state index < -0.39 is 33.8 Å². The second kappa shape index (κ2) is 13.8. The van der Waals surface area contributed by atoms with E-state index in [0.29, 0.717) is 12.7 Å². The van der Waals surface area contributed by atoms with Crippen molar-refractivity contribution in [2.45, 2.75) is 31.6 Å². The van der Waals surface area contributed by atoms with Gasteiger partial charge in [0.05, 0.1) is 6.04 Å². The Morgan fingerprint density at radius 3 is 2.17 bits per heavy atom. The number of aldehydes is 1. The van der Waals surface area contributed by atoms with Gasteiger partial charge in [0, 0.05) is 38.6 Å². The number of carbonyl (C=O) groups is 2. The summed E-state index contributed by atoms with van der Waals surface area (Å²) in [6.07, 6.45) is 1.05. The summed E-state index contributed by atoms with van der Waals surface area (Å²) < 4.78 is 21.7. The molecule has 0 fully saturated rings. The van der Waals surface area contributed by atoms with Crippen molar-refractivity contribution in [1.29, 1.82) is 0 Å². The van der Waals surface area contributed by atoms with Crippen LogP contribution in [0.5, 0.6) is 0 Å². The Morgan fingerprint density at radius 1 is 1.22 bits per heavy atom. The third-order valence-electron chi connectivity index (χ3n) is 3.21. The first-order chi connectivity index (χ1) is 10.5. The zero-order valence-electron chi connectivity index (χ0n) is 13.6. The molecule has 1 aromatic carbocycles. The summed E-state index contributed by atoms with van der Waals surface area (Å²) in [6, 6.07) is 8.64. The van der Waals surface area contributed by atoms with Crippen molar-refractivity contribution in [3.8, 4) is 0 Å². The van der Waals surface area contributed by atoms with Gasteiger partial charge in [-0.3, -0.25) is 4.79 Å². The van der Waals surface area contributed by atoms with Gasteiger partial charge in [-0.2, -0.15) is 0 Å². The quantitative estimate of drug-likeness (QED) is 0.506. The molecule has 127 valence electrons. The van der Waals surface area contributed by atoms with Crippen molar-refractivity contribution in [2.24, 2.45) is 11.7 Å². The van der Waals surface area contributed by atoms with Gasteiger partial charge in [-0.05, 0) is 19.0 Å². The maximum atomic E-state index is 11.9. The maximum absolute atomic E-state index is 11.9. The summed E-state index contributed by atoms with van der Waals surface area (Å²) in [6.45, 7) is 2.99. The molecular formula is C15H23N2O4SY-. The second-order valence-electron chi connectivity index (χ2n) is 4.70. The van der Waals surface area contributed by atoms with Crippen molar-refractivity contribution in [1.82, 2.24) is 5.32 Å². The van der Waals surface area contributed by atoms with Crippen LogP contribution >= 0.6 is 0 Å². The minimum absolute atomic E-state index is 0. The fraction of sp³-hybridized carbons (Fsp3) is 0.467. The third-order valence-corrected chi connectivity index (χ3v) is 4.23. The molecule has 3 N–H and O–H groups in total. The fourth-order valence-electron chi connectivity index (χ4n) is 1.70. The summed E-state index contributed by atoms with van der Waals surface area (Å²) in [5, 5.41) is 1.78. The van der Waals surface area contributed by atoms with Gasteiger partial charge in [0.1, 0.15) is 6.29 Å². The van der Waals surface area contributed by atoms with Crippen LogP contribution in [0.15, 0.2) is 30.3 Å². The monoisotopic (exact) mass is 416 g/mol. The number of amides is 1. The Kier molecular flexibility index (Phi) is 14.8. The molecule has 0 spiro atoms. The number of benzene rings is 1. The standard InChI is InChI=1S/C14H18NO4S.CH5N.Y/c1-10(11(2)20(18)19)14(17)15-13(9-16)8-12-6-4-3-5-7-12;1-2;/h3-7,9-11,13H,8H2,1-2H3,(H,15,17);2H2,1H3;/q-1;;/t10?,11?,13-;;/m0../s1. The zero-order valence-corrected chi connectivity index (χ0v) is 17.3. The van der Waals surface area contributed by atoms with Crippen LogP contribution in [-0.2, 0) is 67.8 Å². The van der Waals surface area contributed by atoms with Crippen molar-refractivity contribution in [3.63, 3.8) is 0 Å². The predicted molar refractivity (Wildman–Crippen MR) is 85.6 cm³/mol. The van der Waals surface area contributed by atoms with Crippen LogP contribution in [-0.4, -0.2) is 30.5 Å². The van der Waals surface area contributed by atoms with E-state index in [1.165, 1.54) is 20.9 Å². The molecular weight excluding hydrogens is 393 g/mol. The molecule has 8 heteroatoms. The molecule has 1 aromatic rings. The van der Waals surface area contributed by atoms with Gasteiger partial charge in [-0.25, -0.2) is 0 Å². The van der Waals surface area contributed by atoms with Crippen LogP contribution in [0.4, 0.5) is 0 Å². The smallest absolute Gasteiger partial charge is 0.222 e. The van der Waals surface area contributed by atoms with E-state index in [0.717, 1.165) is 5.56 Å². The van der Waals surface area contributed by atoms with Crippen molar-refractivity contribution < 1.29 is 50.7 Å². The maximum Gasteiger partial charge on any atom is 0.222 e. The van der Waals surface area contributed by atoms with Crippen molar-refractivity contribution >= 4 is 22.9 Å². The Morgan fingerprint density at radius 2 is 1.74 bits per heavy atom. The molecule has 23 heavy (non-hydrogen) atoms. The van der Waals surface area contributed by atoms with Crippen LogP contribution in [0.3, 0.4) is 0 Å². The molecule has 0 saturated heterocycles. The molecule has 1 radical (unpaired) electrons. The molecule has 0 aliphatic carbocycles. The van der Waals surface area contributed by atoms with E-state index in [4.69, 9.17) is 0 Å². The zero-order chi connectivity index (χ0) is 17.1. The molecule has 3 atom stereocenters. The molecule has 1 amide bonds. The molecule has 0 aliphatic rings. The molecule has 0 saturated carbocycles. The largest absolute Gasteiger partial charge is 0.424 e. The summed E-state index contributed by atoms with van der Waals surface area (Å²) in [5.41, 5.74) is 5.43. The van der Waals surface area contributed by atoms with E-state index in [-0.39, 0.29) is 32.7 Å². The topological polar surface area (TPSA) is 106 Å². The van der Waals surface area contributed by atoms with Gasteiger partial charge in [0.15, 0.2) is 0 Å².